The molecule has 0 aliphatic carbocycles. The van der Waals surface area contributed by atoms with Crippen LogP contribution in [-0.2, 0) is 5.11 Å². The Labute approximate surface area is 64.6 Å². The summed E-state index contributed by atoms with van der Waals surface area (Å²) in [5.41, 5.74) is 0. The number of rotatable bonds is 1. The van der Waals surface area contributed by atoms with Gasteiger partial charge in [-0.1, -0.05) is 0 Å². The quantitative estimate of drug-likeness (QED) is 0.656. The Morgan fingerprint density at radius 3 is 2.33 bits per heavy atom. The van der Waals surface area contributed by atoms with E-state index in [1.807, 2.05) is 0 Å². The van der Waals surface area contributed by atoms with Gasteiger partial charge >= 0.3 is 6.36 Å². The van der Waals surface area contributed by atoms with Crippen LogP contribution in [0.5, 0.6) is 11.8 Å². The topological polar surface area (TPSA) is 54.9 Å². The van der Waals surface area contributed by atoms with Crippen molar-refractivity contribution >= 4 is 0 Å². The molecule has 0 fully saturated rings. The lowest BCUT2D eigenvalue weighted by Crippen LogP contribution is -2.17. The Morgan fingerprint density at radius 2 is 1.92 bits per heavy atom. The molecule has 0 atom stereocenters. The zero-order chi connectivity index (χ0) is 9.19. The van der Waals surface area contributed by atoms with E-state index in [4.69, 9.17) is 0 Å². The van der Waals surface area contributed by atoms with Crippen molar-refractivity contribution in [3.63, 3.8) is 0 Å². The Balaban J connectivity index is 2.71. The summed E-state index contributed by atoms with van der Waals surface area (Å²) in [5, 5.41) is 10.3. The number of nitrogens with zero attached hydrogens (tertiary/aromatic N) is 2. The Hall–Kier alpha value is -1.53. The van der Waals surface area contributed by atoms with Gasteiger partial charge in [-0.25, -0.2) is 9.97 Å². The fraction of sp³-hybridized carbons (Fsp3) is 0.200. The van der Waals surface area contributed by atoms with Crippen LogP contribution in [0.1, 0.15) is 0 Å². The molecule has 0 aliphatic heterocycles. The number of alkyl halides is 3. The molecule has 0 aliphatic rings. The van der Waals surface area contributed by atoms with Gasteiger partial charge in [0, 0.05) is 0 Å². The van der Waals surface area contributed by atoms with Gasteiger partial charge in [0.2, 0.25) is 5.88 Å². The largest absolute Gasteiger partial charge is 0.574 e. The minimum absolute atomic E-state index is 0.607. The van der Waals surface area contributed by atoms with E-state index in [1.54, 1.807) is 0 Å². The summed E-state index contributed by atoms with van der Waals surface area (Å²) >= 11 is 0. The average Bonchev–Trinajstić information content (AvgIpc) is 1.91. The first-order valence-electron chi connectivity index (χ1n) is 2.72. The molecule has 4 nitrogen and oxygen atoms in total. The van der Waals surface area contributed by atoms with Crippen molar-refractivity contribution in [2.75, 3.05) is 0 Å². The molecule has 1 radical (unpaired) electrons. The van der Waals surface area contributed by atoms with E-state index < -0.39 is 18.1 Å². The molecule has 0 spiro atoms. The zero-order valence-electron chi connectivity index (χ0n) is 5.50. The molecule has 0 saturated heterocycles. The zero-order valence-corrected chi connectivity index (χ0v) is 5.50. The van der Waals surface area contributed by atoms with Gasteiger partial charge in [-0.3, -0.25) is 5.11 Å². The monoisotopic (exact) mass is 179 g/mol. The lowest BCUT2D eigenvalue weighted by molar-refractivity contribution is -0.276. The first kappa shape index (κ1) is 8.57. The third-order valence-corrected chi connectivity index (χ3v) is 0.825. The molecule has 7 heteroatoms. The van der Waals surface area contributed by atoms with Gasteiger partial charge in [0.15, 0.2) is 0 Å². The lowest BCUT2D eigenvalue weighted by Gasteiger charge is -2.05. The standard InChI is InChI=1S/C5H2F3N2O2/c6-5(7,8)12-4-2-9-3(11)1-10-4/h1-2H. The van der Waals surface area contributed by atoms with E-state index in [2.05, 4.69) is 14.7 Å². The summed E-state index contributed by atoms with van der Waals surface area (Å²) < 4.78 is 37.8. The molecule has 12 heavy (non-hydrogen) atoms. The highest BCUT2D eigenvalue weighted by Crippen LogP contribution is 2.20. The second kappa shape index (κ2) is 2.84. The van der Waals surface area contributed by atoms with Crippen molar-refractivity contribution in [1.82, 2.24) is 9.97 Å². The van der Waals surface area contributed by atoms with Gasteiger partial charge < -0.3 is 4.74 Å². The van der Waals surface area contributed by atoms with E-state index in [1.165, 1.54) is 0 Å². The van der Waals surface area contributed by atoms with Crippen molar-refractivity contribution in [3.05, 3.63) is 12.4 Å². The van der Waals surface area contributed by atoms with Crippen molar-refractivity contribution in [3.8, 4) is 11.8 Å². The van der Waals surface area contributed by atoms with E-state index in [-0.39, 0.29) is 0 Å². The minimum atomic E-state index is -4.81. The van der Waals surface area contributed by atoms with E-state index in [9.17, 15) is 18.3 Å². The number of ether oxygens (including phenoxy) is 1. The summed E-state index contributed by atoms with van der Waals surface area (Å²) in [6.07, 6.45) is -3.56. The number of halogens is 3. The maximum Gasteiger partial charge on any atom is 0.574 e. The highest BCUT2D eigenvalue weighted by molar-refractivity contribution is 5.09. The maximum atomic E-state index is 11.5. The molecule has 0 unspecified atom stereocenters. The van der Waals surface area contributed by atoms with Crippen LogP contribution in [0.25, 0.3) is 0 Å². The smallest absolute Gasteiger partial charge is 0.386 e. The molecule has 0 amide bonds. The second-order valence-electron chi connectivity index (χ2n) is 1.74. The average molecular weight is 179 g/mol. The SMILES string of the molecule is [O]c1cnc(OC(F)(F)F)cn1. The molecule has 0 bridgehead atoms. The van der Waals surface area contributed by atoms with Crippen LogP contribution >= 0.6 is 0 Å². The van der Waals surface area contributed by atoms with Gasteiger partial charge in [0.1, 0.15) is 0 Å². The van der Waals surface area contributed by atoms with Crippen molar-refractivity contribution in [2.24, 2.45) is 0 Å². The van der Waals surface area contributed by atoms with E-state index >= 15 is 0 Å². The molecule has 65 valence electrons. The van der Waals surface area contributed by atoms with Crippen LogP contribution in [0.3, 0.4) is 0 Å². The molecule has 0 aromatic carbocycles. The fourth-order valence-corrected chi connectivity index (χ4v) is 0.476. The predicted molar refractivity (Wildman–Crippen MR) is 28.8 cm³/mol. The van der Waals surface area contributed by atoms with Gasteiger partial charge in [-0.05, 0) is 0 Å². The van der Waals surface area contributed by atoms with Gasteiger partial charge in [0.25, 0.3) is 5.88 Å². The van der Waals surface area contributed by atoms with Gasteiger partial charge in [0.05, 0.1) is 12.4 Å². The van der Waals surface area contributed by atoms with Gasteiger partial charge in [-0.15, -0.1) is 13.2 Å². The minimum Gasteiger partial charge on any atom is -0.386 e. The molecular formula is C5H2F3N2O2. The third-order valence-electron chi connectivity index (χ3n) is 0.825. The second-order valence-corrected chi connectivity index (χ2v) is 1.74. The van der Waals surface area contributed by atoms with Crippen LogP contribution in [-0.4, -0.2) is 16.3 Å². The van der Waals surface area contributed by atoms with Crippen molar-refractivity contribution < 1.29 is 23.0 Å². The molecule has 1 aromatic rings. The highest BCUT2D eigenvalue weighted by Gasteiger charge is 2.31. The highest BCUT2D eigenvalue weighted by atomic mass is 19.4. The third kappa shape index (κ3) is 2.60. The predicted octanol–water partition coefficient (Wildman–Crippen LogP) is 1.52. The van der Waals surface area contributed by atoms with E-state index in [0.717, 1.165) is 0 Å². The number of hydrogen-bond donors (Lipinski definition) is 0. The molecular weight excluding hydrogens is 177 g/mol. The van der Waals surface area contributed by atoms with Crippen LogP contribution < -0.4 is 4.74 Å². The van der Waals surface area contributed by atoms with Crippen LogP contribution in [0.15, 0.2) is 12.4 Å². The van der Waals surface area contributed by atoms with Crippen LogP contribution in [0.2, 0.25) is 0 Å². The fourth-order valence-electron chi connectivity index (χ4n) is 0.476. The van der Waals surface area contributed by atoms with Gasteiger partial charge in [-0.2, -0.15) is 0 Å². The summed E-state index contributed by atoms with van der Waals surface area (Å²) in [7, 11) is 0. The first-order chi connectivity index (χ1) is 5.47. The van der Waals surface area contributed by atoms with Crippen molar-refractivity contribution in [1.29, 1.82) is 0 Å². The summed E-state index contributed by atoms with van der Waals surface area (Å²) in [6, 6.07) is 0. The maximum absolute atomic E-state index is 11.5. The molecule has 1 aromatic heterocycles. The first-order valence-corrected chi connectivity index (χ1v) is 2.72. The Morgan fingerprint density at radius 1 is 1.25 bits per heavy atom. The lowest BCUT2D eigenvalue weighted by atomic mass is 10.7. The summed E-state index contributed by atoms with van der Waals surface area (Å²) in [6.45, 7) is 0. The summed E-state index contributed by atoms with van der Waals surface area (Å²) in [4.78, 5) is 6.07. The normalized spacial score (nSPS) is 11.2. The van der Waals surface area contributed by atoms with Crippen LogP contribution in [0.4, 0.5) is 13.2 Å². The summed E-state index contributed by atoms with van der Waals surface area (Å²) in [5.74, 6) is -1.47. The molecule has 0 saturated carbocycles. The molecule has 0 N–H and O–H groups in total. The van der Waals surface area contributed by atoms with Crippen LogP contribution in [0, 0.1) is 0 Å². The number of hydrogen-bond acceptors (Lipinski definition) is 3. The Kier molecular flexibility index (Phi) is 2.03. The molecule has 1 rings (SSSR count). The van der Waals surface area contributed by atoms with E-state index in [0.29, 0.717) is 12.4 Å². The Bertz CT molecular complexity index is 258. The molecule has 1 heterocycles. The number of aromatic nitrogens is 2. The van der Waals surface area contributed by atoms with Crippen molar-refractivity contribution in [2.45, 2.75) is 6.36 Å².